The van der Waals surface area contributed by atoms with Crippen LogP contribution in [-0.2, 0) is 0 Å². The van der Waals surface area contributed by atoms with E-state index in [0.717, 1.165) is 10.2 Å². The Morgan fingerprint density at radius 1 is 1.33 bits per heavy atom. The van der Waals surface area contributed by atoms with E-state index in [1.54, 1.807) is 0 Å². The van der Waals surface area contributed by atoms with Gasteiger partial charge in [0.2, 0.25) is 0 Å². The highest BCUT2D eigenvalue weighted by Crippen LogP contribution is 2.27. The fourth-order valence-electron chi connectivity index (χ4n) is 2.68. The number of rotatable bonds is 7. The summed E-state index contributed by atoms with van der Waals surface area (Å²) >= 11 is 5.33. The lowest BCUT2D eigenvalue weighted by Gasteiger charge is -2.31. The lowest BCUT2D eigenvalue weighted by molar-refractivity contribution is 0.102. The van der Waals surface area contributed by atoms with Gasteiger partial charge in [-0.2, -0.15) is 11.8 Å². The van der Waals surface area contributed by atoms with E-state index in [4.69, 9.17) is 4.74 Å². The van der Waals surface area contributed by atoms with Gasteiger partial charge >= 0.3 is 0 Å². The van der Waals surface area contributed by atoms with Crippen LogP contribution in [0.5, 0.6) is 5.75 Å². The summed E-state index contributed by atoms with van der Waals surface area (Å²) in [6.45, 7) is 0.920. The zero-order valence-electron chi connectivity index (χ0n) is 12.4. The summed E-state index contributed by atoms with van der Waals surface area (Å²) < 4.78 is 6.63. The molecule has 3 unspecified atom stereocenters. The molecule has 1 saturated carbocycles. The van der Waals surface area contributed by atoms with Gasteiger partial charge in [-0.1, -0.05) is 28.8 Å². The molecule has 1 fully saturated rings. The van der Waals surface area contributed by atoms with Crippen molar-refractivity contribution < 1.29 is 9.84 Å². The molecule has 2 rings (SSSR count). The molecule has 1 aromatic rings. The first-order valence-corrected chi connectivity index (χ1v) is 9.59. The first-order valence-electron chi connectivity index (χ1n) is 7.51. The van der Waals surface area contributed by atoms with E-state index >= 15 is 0 Å². The molecule has 1 aromatic carbocycles. The van der Waals surface area contributed by atoms with E-state index in [0.29, 0.717) is 24.4 Å². The standard InChI is InChI=1S/C16H24BrNO2S/c1-21-16-5-3-2-4-15(16)18-10-13(19)11-20-14-8-6-12(17)7-9-14/h6-9,13,15-16,18-19H,2-5,10-11H2,1H3. The van der Waals surface area contributed by atoms with Gasteiger partial charge in [-0.05, 0) is 43.4 Å². The van der Waals surface area contributed by atoms with Crippen molar-refractivity contribution in [3.8, 4) is 5.75 Å². The quantitative estimate of drug-likeness (QED) is 0.767. The van der Waals surface area contributed by atoms with Crippen LogP contribution in [-0.4, -0.2) is 41.9 Å². The first kappa shape index (κ1) is 17.1. The minimum Gasteiger partial charge on any atom is -0.491 e. The van der Waals surface area contributed by atoms with Crippen molar-refractivity contribution in [1.29, 1.82) is 0 Å². The smallest absolute Gasteiger partial charge is 0.119 e. The molecule has 0 spiro atoms. The molecule has 118 valence electrons. The topological polar surface area (TPSA) is 41.5 Å². The molecule has 21 heavy (non-hydrogen) atoms. The summed E-state index contributed by atoms with van der Waals surface area (Å²) in [5.74, 6) is 0.789. The summed E-state index contributed by atoms with van der Waals surface area (Å²) in [5.41, 5.74) is 0. The summed E-state index contributed by atoms with van der Waals surface area (Å²) in [7, 11) is 0. The molecule has 0 heterocycles. The van der Waals surface area contributed by atoms with E-state index in [1.165, 1.54) is 25.7 Å². The van der Waals surface area contributed by atoms with Crippen LogP contribution in [0.1, 0.15) is 25.7 Å². The van der Waals surface area contributed by atoms with Gasteiger partial charge in [-0.3, -0.25) is 0 Å². The molecule has 0 bridgehead atoms. The second-order valence-corrected chi connectivity index (χ2v) is 7.48. The summed E-state index contributed by atoms with van der Waals surface area (Å²) in [5, 5.41) is 14.2. The first-order chi connectivity index (χ1) is 10.2. The molecule has 1 aliphatic rings. The molecule has 1 aliphatic carbocycles. The lowest BCUT2D eigenvalue weighted by Crippen LogP contribution is -2.44. The minimum atomic E-state index is -0.474. The summed E-state index contributed by atoms with van der Waals surface area (Å²) in [6, 6.07) is 8.19. The van der Waals surface area contributed by atoms with Crippen LogP contribution >= 0.6 is 27.7 Å². The molecule has 2 N–H and O–H groups in total. The fraction of sp³-hybridized carbons (Fsp3) is 0.625. The van der Waals surface area contributed by atoms with Gasteiger partial charge in [-0.15, -0.1) is 0 Å². The number of aliphatic hydroxyl groups is 1. The highest BCUT2D eigenvalue weighted by molar-refractivity contribution is 9.10. The number of benzene rings is 1. The maximum absolute atomic E-state index is 10.1. The zero-order valence-corrected chi connectivity index (χ0v) is 14.8. The Balaban J connectivity index is 1.69. The van der Waals surface area contributed by atoms with Crippen LogP contribution in [0.15, 0.2) is 28.7 Å². The van der Waals surface area contributed by atoms with E-state index in [1.807, 2.05) is 36.0 Å². The third-order valence-electron chi connectivity index (χ3n) is 3.88. The molecule has 5 heteroatoms. The lowest BCUT2D eigenvalue weighted by atomic mass is 9.95. The normalized spacial score (nSPS) is 23.8. The Morgan fingerprint density at radius 3 is 2.76 bits per heavy atom. The SMILES string of the molecule is CSC1CCCCC1NCC(O)COc1ccc(Br)cc1. The van der Waals surface area contributed by atoms with E-state index in [-0.39, 0.29) is 0 Å². The largest absolute Gasteiger partial charge is 0.491 e. The number of aliphatic hydroxyl groups excluding tert-OH is 1. The van der Waals surface area contributed by atoms with Crippen molar-refractivity contribution in [1.82, 2.24) is 5.32 Å². The van der Waals surface area contributed by atoms with Crippen LogP contribution in [0.2, 0.25) is 0 Å². The van der Waals surface area contributed by atoms with Crippen LogP contribution in [0.3, 0.4) is 0 Å². The van der Waals surface area contributed by atoms with Crippen molar-refractivity contribution in [2.24, 2.45) is 0 Å². The number of halogens is 1. The average molecular weight is 374 g/mol. The van der Waals surface area contributed by atoms with Crippen molar-refractivity contribution in [2.75, 3.05) is 19.4 Å². The number of thioether (sulfide) groups is 1. The van der Waals surface area contributed by atoms with Gasteiger partial charge in [0, 0.05) is 22.3 Å². The third kappa shape index (κ3) is 5.81. The number of ether oxygens (including phenoxy) is 1. The van der Waals surface area contributed by atoms with Crippen LogP contribution in [0, 0.1) is 0 Å². The van der Waals surface area contributed by atoms with Crippen molar-refractivity contribution in [2.45, 2.75) is 43.1 Å². The number of hydrogen-bond donors (Lipinski definition) is 2. The van der Waals surface area contributed by atoms with Crippen LogP contribution < -0.4 is 10.1 Å². The maximum atomic E-state index is 10.1. The van der Waals surface area contributed by atoms with Gasteiger partial charge in [0.25, 0.3) is 0 Å². The van der Waals surface area contributed by atoms with E-state index in [9.17, 15) is 5.11 Å². The molecule has 0 radical (unpaired) electrons. The summed E-state index contributed by atoms with van der Waals surface area (Å²) in [4.78, 5) is 0. The Hall–Kier alpha value is -0.230. The van der Waals surface area contributed by atoms with E-state index in [2.05, 4.69) is 27.5 Å². The van der Waals surface area contributed by atoms with Gasteiger partial charge in [0.1, 0.15) is 18.5 Å². The Bertz CT molecular complexity index is 415. The summed E-state index contributed by atoms with van der Waals surface area (Å²) in [6.07, 6.45) is 6.82. The highest BCUT2D eigenvalue weighted by atomic mass is 79.9. The average Bonchev–Trinajstić information content (AvgIpc) is 2.52. The zero-order chi connectivity index (χ0) is 15.1. The molecule has 0 aromatic heterocycles. The minimum absolute atomic E-state index is 0.325. The van der Waals surface area contributed by atoms with Crippen molar-refractivity contribution in [3.63, 3.8) is 0 Å². The maximum Gasteiger partial charge on any atom is 0.119 e. The molecule has 3 nitrogen and oxygen atoms in total. The highest BCUT2D eigenvalue weighted by Gasteiger charge is 2.24. The Morgan fingerprint density at radius 2 is 2.05 bits per heavy atom. The van der Waals surface area contributed by atoms with Crippen molar-refractivity contribution >= 4 is 27.7 Å². The molecule has 3 atom stereocenters. The molecular weight excluding hydrogens is 350 g/mol. The third-order valence-corrected chi connectivity index (χ3v) is 5.58. The monoisotopic (exact) mass is 373 g/mol. The van der Waals surface area contributed by atoms with Gasteiger partial charge in [0.05, 0.1) is 0 Å². The molecule has 0 aliphatic heterocycles. The Kier molecular flexibility index (Phi) is 7.37. The van der Waals surface area contributed by atoms with Gasteiger partial charge in [-0.25, -0.2) is 0 Å². The van der Waals surface area contributed by atoms with Gasteiger partial charge < -0.3 is 15.2 Å². The predicted molar refractivity (Wildman–Crippen MR) is 93.2 cm³/mol. The van der Waals surface area contributed by atoms with Crippen molar-refractivity contribution in [3.05, 3.63) is 28.7 Å². The number of nitrogens with one attached hydrogen (secondary N) is 1. The molecule has 0 amide bonds. The van der Waals surface area contributed by atoms with Crippen LogP contribution in [0.25, 0.3) is 0 Å². The molecular formula is C16H24BrNO2S. The van der Waals surface area contributed by atoms with Crippen LogP contribution in [0.4, 0.5) is 0 Å². The van der Waals surface area contributed by atoms with E-state index < -0.39 is 6.10 Å². The molecule has 0 saturated heterocycles. The second-order valence-electron chi connectivity index (χ2n) is 5.49. The second kappa shape index (κ2) is 9.03. The van der Waals surface area contributed by atoms with Gasteiger partial charge in [0.15, 0.2) is 0 Å². The number of hydrogen-bond acceptors (Lipinski definition) is 4. The predicted octanol–water partition coefficient (Wildman–Crippen LogP) is 3.45. The fourth-order valence-corrected chi connectivity index (χ4v) is 3.91. The Labute approximate surface area is 140 Å².